The summed E-state index contributed by atoms with van der Waals surface area (Å²) in [6, 6.07) is 26.3. The Morgan fingerprint density at radius 2 is 1.32 bits per heavy atom. The topological polar surface area (TPSA) is 99.0 Å². The van der Waals surface area contributed by atoms with Gasteiger partial charge in [0.25, 0.3) is 0 Å². The van der Waals surface area contributed by atoms with E-state index < -0.39 is 17.6 Å². The lowest BCUT2D eigenvalue weighted by Crippen LogP contribution is -2.55. The maximum Gasteiger partial charge on any atom is 0.246 e. The molecule has 252 valence electrons. The summed E-state index contributed by atoms with van der Waals surface area (Å²) < 4.78 is 0. The van der Waals surface area contributed by atoms with E-state index in [1.165, 1.54) is 15.9 Å². The number of amides is 2. The Bertz CT molecular complexity index is 1430. The third-order valence-corrected chi connectivity index (χ3v) is 8.21. The molecule has 0 saturated heterocycles. The fourth-order valence-electron chi connectivity index (χ4n) is 5.35. The predicted octanol–water partition coefficient (Wildman–Crippen LogP) is 4.59. The molecule has 0 heterocycles. The first kappa shape index (κ1) is 37.3. The number of rotatable bonds is 18. The number of Topliss-reactive ketones (excluding diaryl/α,β-unsaturated/α-hetero) is 1. The van der Waals surface area contributed by atoms with Crippen LogP contribution in [0.5, 0.6) is 0 Å². The Morgan fingerprint density at radius 3 is 1.91 bits per heavy atom. The van der Waals surface area contributed by atoms with Gasteiger partial charge in [-0.3, -0.25) is 14.4 Å². The highest BCUT2D eigenvalue weighted by Gasteiger charge is 2.34. The number of nitrogens with one attached hydrogen (secondary N) is 1. The lowest BCUT2D eigenvalue weighted by atomic mass is 9.97. The Hall–Kier alpha value is -4.11. The van der Waals surface area contributed by atoms with E-state index in [9.17, 15) is 14.4 Å². The molecule has 0 aliphatic rings. The van der Waals surface area contributed by atoms with Crippen molar-refractivity contribution in [1.82, 2.24) is 20.0 Å². The van der Waals surface area contributed by atoms with Gasteiger partial charge in [-0.2, -0.15) is 0 Å². The third kappa shape index (κ3) is 12.5. The van der Waals surface area contributed by atoms with Crippen LogP contribution in [0, 0.1) is 0 Å². The monoisotopic (exact) mass is 639 g/mol. The summed E-state index contributed by atoms with van der Waals surface area (Å²) in [6.07, 6.45) is 5.33. The summed E-state index contributed by atoms with van der Waals surface area (Å²) in [4.78, 5) is 46.7. The number of carbonyl (C=O) groups is 3. The molecule has 0 aliphatic carbocycles. The molecule has 3 rings (SSSR count). The van der Waals surface area contributed by atoms with Gasteiger partial charge in [-0.05, 0) is 88.6 Å². The third-order valence-electron chi connectivity index (χ3n) is 8.21. The first-order valence-electron chi connectivity index (χ1n) is 16.4. The van der Waals surface area contributed by atoms with Crippen LogP contribution in [0.15, 0.2) is 97.1 Å². The number of ketones is 1. The molecule has 0 saturated carbocycles. The molecule has 0 fully saturated rings. The van der Waals surface area contributed by atoms with Crippen molar-refractivity contribution >= 4 is 17.6 Å². The van der Waals surface area contributed by atoms with Crippen molar-refractivity contribution in [2.45, 2.75) is 57.2 Å². The fraction of sp³-hybridized carbons (Fsp3) is 0.410. The molecule has 0 unspecified atom stereocenters. The van der Waals surface area contributed by atoms with Gasteiger partial charge in [-0.25, -0.2) is 0 Å². The summed E-state index contributed by atoms with van der Waals surface area (Å²) >= 11 is 0. The number of nitrogens with two attached hydrogens (primary N) is 1. The summed E-state index contributed by atoms with van der Waals surface area (Å²) in [5, 5.41) is 3.27. The van der Waals surface area contributed by atoms with Crippen molar-refractivity contribution in [3.05, 3.63) is 108 Å². The van der Waals surface area contributed by atoms with E-state index in [0.29, 0.717) is 25.8 Å². The molecule has 3 aromatic carbocycles. The van der Waals surface area contributed by atoms with Crippen LogP contribution >= 0.6 is 0 Å². The van der Waals surface area contributed by atoms with Crippen LogP contribution in [0.3, 0.4) is 0 Å². The summed E-state index contributed by atoms with van der Waals surface area (Å²) in [5.41, 5.74) is 9.70. The zero-order chi connectivity index (χ0) is 34.4. The molecule has 3 aromatic rings. The smallest absolute Gasteiger partial charge is 0.246 e. The number of hydrogen-bond donors (Lipinski definition) is 2. The number of benzene rings is 3. The molecular formula is C39H53N5O3. The van der Waals surface area contributed by atoms with Crippen LogP contribution in [0.2, 0.25) is 0 Å². The van der Waals surface area contributed by atoms with Gasteiger partial charge in [0.05, 0.1) is 12.6 Å². The highest BCUT2D eigenvalue weighted by atomic mass is 16.2. The zero-order valence-corrected chi connectivity index (χ0v) is 29.0. The van der Waals surface area contributed by atoms with E-state index in [1.807, 2.05) is 101 Å². The molecule has 3 N–H and O–H groups in total. The summed E-state index contributed by atoms with van der Waals surface area (Å²) in [6.45, 7) is 5.56. The highest BCUT2D eigenvalue weighted by molar-refractivity contribution is 5.95. The largest absolute Gasteiger partial charge is 0.334 e. The highest BCUT2D eigenvalue weighted by Crippen LogP contribution is 2.21. The lowest BCUT2D eigenvalue weighted by molar-refractivity contribution is -0.145. The van der Waals surface area contributed by atoms with Crippen molar-refractivity contribution in [1.29, 1.82) is 0 Å². The predicted molar refractivity (Wildman–Crippen MR) is 192 cm³/mol. The van der Waals surface area contributed by atoms with E-state index in [4.69, 9.17) is 5.73 Å². The quantitative estimate of drug-likeness (QED) is 0.156. The van der Waals surface area contributed by atoms with Gasteiger partial charge in [0, 0.05) is 26.1 Å². The molecule has 47 heavy (non-hydrogen) atoms. The Balaban J connectivity index is 1.88. The summed E-state index contributed by atoms with van der Waals surface area (Å²) in [5.74, 6) is -0.655. The Labute approximate surface area is 281 Å². The van der Waals surface area contributed by atoms with E-state index in [1.54, 1.807) is 20.2 Å². The molecule has 0 spiro atoms. The van der Waals surface area contributed by atoms with Crippen LogP contribution in [0.25, 0.3) is 11.1 Å². The molecule has 2 amide bonds. The van der Waals surface area contributed by atoms with Gasteiger partial charge in [0.15, 0.2) is 5.78 Å². The van der Waals surface area contributed by atoms with E-state index in [-0.39, 0.29) is 24.1 Å². The maximum atomic E-state index is 14.4. The van der Waals surface area contributed by atoms with Gasteiger partial charge in [0.2, 0.25) is 11.8 Å². The minimum absolute atomic E-state index is 0.0698. The number of carbonyl (C=O) groups excluding carboxylic acids is 3. The molecular weight excluding hydrogens is 586 g/mol. The van der Waals surface area contributed by atoms with E-state index >= 15 is 0 Å². The van der Waals surface area contributed by atoms with Gasteiger partial charge >= 0.3 is 0 Å². The SMILES string of the molecule is CN(C)CCCNCC(=O)[C@H](Cc1ccccc1)N(C)C(=O)[C@H](Cc1ccc(-c2ccccc2)cc1)N(C)C(=O)/C=C\CC(C)(C)N. The molecule has 0 aromatic heterocycles. The second-order valence-electron chi connectivity index (χ2n) is 13.3. The minimum atomic E-state index is -0.829. The van der Waals surface area contributed by atoms with Crippen molar-refractivity contribution in [3.8, 4) is 11.1 Å². The second kappa shape index (κ2) is 18.3. The van der Waals surface area contributed by atoms with Gasteiger partial charge in [0.1, 0.15) is 6.04 Å². The Morgan fingerprint density at radius 1 is 0.766 bits per heavy atom. The van der Waals surface area contributed by atoms with Gasteiger partial charge in [-0.1, -0.05) is 91.0 Å². The molecule has 0 bridgehead atoms. The van der Waals surface area contributed by atoms with Crippen molar-refractivity contribution in [2.24, 2.45) is 5.73 Å². The van der Waals surface area contributed by atoms with Crippen molar-refractivity contribution < 1.29 is 14.4 Å². The summed E-state index contributed by atoms with van der Waals surface area (Å²) in [7, 11) is 7.37. The van der Waals surface area contributed by atoms with Crippen LogP contribution in [-0.4, -0.2) is 97.7 Å². The van der Waals surface area contributed by atoms with Crippen molar-refractivity contribution in [3.63, 3.8) is 0 Å². The average molecular weight is 640 g/mol. The normalized spacial score (nSPS) is 13.0. The molecule has 2 atom stereocenters. The molecule has 8 nitrogen and oxygen atoms in total. The zero-order valence-electron chi connectivity index (χ0n) is 29.0. The standard InChI is InChI=1S/C39H53N5O3/c1-39(2,40)24-13-19-37(46)43(5)35(28-31-20-22-33(23-21-31)32-17-11-8-12-18-32)38(47)44(6)34(27-30-15-9-7-10-16-30)36(45)29-41-25-14-26-42(3)4/h7-13,15-23,34-35,41H,14,24-29,40H2,1-6H3/b19-13-/t34-,35-/m0/s1. The van der Waals surface area contributed by atoms with Crippen LogP contribution in [-0.2, 0) is 27.2 Å². The molecule has 8 heteroatoms. The maximum absolute atomic E-state index is 14.4. The first-order chi connectivity index (χ1) is 22.4. The number of nitrogens with zero attached hydrogens (tertiary/aromatic N) is 3. The number of hydrogen-bond acceptors (Lipinski definition) is 6. The minimum Gasteiger partial charge on any atom is -0.334 e. The Kier molecular flexibility index (Phi) is 14.5. The van der Waals surface area contributed by atoms with E-state index in [2.05, 4.69) is 22.3 Å². The number of likely N-dealkylation sites (N-methyl/N-ethyl adjacent to an activating group) is 2. The second-order valence-corrected chi connectivity index (χ2v) is 13.3. The first-order valence-corrected chi connectivity index (χ1v) is 16.4. The molecule has 0 aliphatic heterocycles. The van der Waals surface area contributed by atoms with Gasteiger partial charge in [-0.15, -0.1) is 0 Å². The van der Waals surface area contributed by atoms with Crippen molar-refractivity contribution in [2.75, 3.05) is 47.8 Å². The van der Waals surface area contributed by atoms with E-state index in [0.717, 1.165) is 35.2 Å². The van der Waals surface area contributed by atoms with Crippen LogP contribution in [0.1, 0.15) is 37.8 Å². The lowest BCUT2D eigenvalue weighted by Gasteiger charge is -2.34. The average Bonchev–Trinajstić information content (AvgIpc) is 3.05. The fourth-order valence-corrected chi connectivity index (χ4v) is 5.35. The van der Waals surface area contributed by atoms with Gasteiger partial charge < -0.3 is 25.8 Å². The van der Waals surface area contributed by atoms with Crippen LogP contribution < -0.4 is 11.1 Å². The molecule has 0 radical (unpaired) electrons. The van der Waals surface area contributed by atoms with Crippen LogP contribution in [0.4, 0.5) is 0 Å².